The summed E-state index contributed by atoms with van der Waals surface area (Å²) in [4.78, 5) is 11.7. The van der Waals surface area contributed by atoms with Crippen LogP contribution >= 0.6 is 11.8 Å². The van der Waals surface area contributed by atoms with E-state index in [1.54, 1.807) is 12.1 Å². The Morgan fingerprint density at radius 3 is 2.61 bits per heavy atom. The summed E-state index contributed by atoms with van der Waals surface area (Å²) < 4.78 is 40.9. The predicted octanol–water partition coefficient (Wildman–Crippen LogP) is 2.49. The number of benzene rings is 1. The molecule has 0 heterocycles. The molecule has 0 aliphatic rings. The number of carbonyl (C=O) groups excluding carboxylic acids is 1. The average molecular weight is 280 g/mol. The summed E-state index contributed by atoms with van der Waals surface area (Å²) in [5, 5.41) is 8.87. The van der Waals surface area contributed by atoms with Crippen LogP contribution in [0.5, 0.6) is 0 Å². The van der Waals surface area contributed by atoms with Gasteiger partial charge in [0.25, 0.3) is 0 Å². The van der Waals surface area contributed by atoms with Gasteiger partial charge in [0, 0.05) is 10.6 Å². The number of esters is 1. The predicted molar refractivity (Wildman–Crippen MR) is 60.6 cm³/mol. The number of hydrogen-bond donors (Lipinski definition) is 1. The summed E-state index contributed by atoms with van der Waals surface area (Å²) >= 11 is 0.755. The van der Waals surface area contributed by atoms with Gasteiger partial charge in [-0.3, -0.25) is 0 Å². The van der Waals surface area contributed by atoms with Crippen molar-refractivity contribution in [2.24, 2.45) is 0 Å². The quantitative estimate of drug-likeness (QED) is 0.680. The monoisotopic (exact) mass is 280 g/mol. The molecule has 0 aliphatic heterocycles. The topological polar surface area (TPSA) is 46.5 Å². The zero-order valence-electron chi connectivity index (χ0n) is 9.40. The van der Waals surface area contributed by atoms with E-state index in [9.17, 15) is 18.0 Å². The van der Waals surface area contributed by atoms with Gasteiger partial charge in [-0.2, -0.15) is 13.2 Å². The summed E-state index contributed by atoms with van der Waals surface area (Å²) in [5.41, 5.74) is 0.180. The van der Waals surface area contributed by atoms with E-state index in [-0.39, 0.29) is 5.56 Å². The normalized spacial score (nSPS) is 13.2. The van der Waals surface area contributed by atoms with Crippen LogP contribution in [-0.2, 0) is 4.74 Å². The molecule has 0 radical (unpaired) electrons. The highest BCUT2D eigenvalue weighted by molar-refractivity contribution is 7.99. The smallest absolute Gasteiger partial charge is 0.415 e. The second kappa shape index (κ2) is 6.10. The Kier molecular flexibility index (Phi) is 5.03. The maximum atomic E-state index is 12.1. The molecule has 100 valence electrons. The van der Waals surface area contributed by atoms with Crippen LogP contribution in [0.25, 0.3) is 0 Å². The molecule has 1 aromatic rings. The fraction of sp³-hybridized carbons (Fsp3) is 0.364. The summed E-state index contributed by atoms with van der Waals surface area (Å²) in [5.74, 6) is -1.20. The molecule has 0 spiro atoms. The first kappa shape index (κ1) is 14.8. The van der Waals surface area contributed by atoms with Crippen molar-refractivity contribution in [1.82, 2.24) is 0 Å². The minimum absolute atomic E-state index is 0.180. The second-order valence-electron chi connectivity index (χ2n) is 3.36. The van der Waals surface area contributed by atoms with Crippen LogP contribution in [0.1, 0.15) is 10.4 Å². The molecule has 1 N–H and O–H groups in total. The fourth-order valence-corrected chi connectivity index (χ4v) is 2.14. The lowest BCUT2D eigenvalue weighted by Gasteiger charge is -2.14. The van der Waals surface area contributed by atoms with Gasteiger partial charge in [0.15, 0.2) is 6.10 Å². The molecular formula is C11H11F3O3S. The van der Waals surface area contributed by atoms with Crippen LogP contribution in [0.2, 0.25) is 0 Å². The van der Waals surface area contributed by atoms with E-state index in [1.807, 2.05) is 0 Å². The Labute approximate surface area is 106 Å². The van der Waals surface area contributed by atoms with Gasteiger partial charge in [-0.1, -0.05) is 12.1 Å². The highest BCUT2D eigenvalue weighted by Crippen LogP contribution is 2.28. The standard InChI is InChI=1S/C11H11F3O3S/c1-17-10(16)7-4-2-3-5-8(7)18-6-9(15)11(12,13)14/h2-5,9,15H,6H2,1H3/t9-/m0/s1. The SMILES string of the molecule is COC(=O)c1ccccc1SC[C@H](O)C(F)(F)F. The number of carbonyl (C=O) groups is 1. The molecule has 0 unspecified atom stereocenters. The minimum atomic E-state index is -4.66. The molecule has 1 atom stereocenters. The third kappa shape index (κ3) is 3.92. The number of methoxy groups -OCH3 is 1. The van der Waals surface area contributed by atoms with Crippen molar-refractivity contribution in [3.63, 3.8) is 0 Å². The van der Waals surface area contributed by atoms with Crippen LogP contribution in [0, 0.1) is 0 Å². The van der Waals surface area contributed by atoms with Crippen molar-refractivity contribution in [3.05, 3.63) is 29.8 Å². The Hall–Kier alpha value is -1.21. The minimum Gasteiger partial charge on any atom is -0.465 e. The molecule has 0 aromatic heterocycles. The van der Waals surface area contributed by atoms with E-state index in [0.29, 0.717) is 4.90 Å². The van der Waals surface area contributed by atoms with Gasteiger partial charge in [-0.15, -0.1) is 11.8 Å². The van der Waals surface area contributed by atoms with Gasteiger partial charge in [-0.05, 0) is 12.1 Å². The maximum Gasteiger partial charge on any atom is 0.415 e. The maximum absolute atomic E-state index is 12.1. The van der Waals surface area contributed by atoms with Crippen molar-refractivity contribution < 1.29 is 27.8 Å². The van der Waals surface area contributed by atoms with E-state index in [4.69, 9.17) is 5.11 Å². The third-order valence-electron chi connectivity index (χ3n) is 2.07. The van der Waals surface area contributed by atoms with E-state index in [0.717, 1.165) is 11.8 Å². The molecule has 0 saturated heterocycles. The zero-order chi connectivity index (χ0) is 13.8. The van der Waals surface area contributed by atoms with Gasteiger partial charge in [0.05, 0.1) is 12.7 Å². The van der Waals surface area contributed by atoms with Crippen LogP contribution in [0.3, 0.4) is 0 Å². The van der Waals surface area contributed by atoms with Crippen LogP contribution in [-0.4, -0.2) is 36.2 Å². The Balaban J connectivity index is 2.76. The van der Waals surface area contributed by atoms with E-state index < -0.39 is 24.0 Å². The summed E-state index contributed by atoms with van der Waals surface area (Å²) in [6.07, 6.45) is -7.08. The lowest BCUT2D eigenvalue weighted by Crippen LogP contribution is -2.30. The second-order valence-corrected chi connectivity index (χ2v) is 4.42. The molecule has 7 heteroatoms. The van der Waals surface area contributed by atoms with Crippen molar-refractivity contribution in [1.29, 1.82) is 0 Å². The molecular weight excluding hydrogens is 269 g/mol. The molecule has 0 saturated carbocycles. The molecule has 0 fully saturated rings. The molecule has 1 rings (SSSR count). The Morgan fingerprint density at radius 2 is 2.06 bits per heavy atom. The van der Waals surface area contributed by atoms with Gasteiger partial charge in [0.1, 0.15) is 0 Å². The number of halogens is 3. The molecule has 3 nitrogen and oxygen atoms in total. The van der Waals surface area contributed by atoms with Gasteiger partial charge in [0.2, 0.25) is 0 Å². The van der Waals surface area contributed by atoms with Crippen LogP contribution in [0.4, 0.5) is 13.2 Å². The van der Waals surface area contributed by atoms with Gasteiger partial charge < -0.3 is 9.84 Å². The summed E-state index contributed by atoms with van der Waals surface area (Å²) in [6, 6.07) is 6.12. The molecule has 1 aromatic carbocycles. The Bertz CT molecular complexity index is 420. The third-order valence-corrected chi connectivity index (χ3v) is 3.22. The highest BCUT2D eigenvalue weighted by atomic mass is 32.2. The lowest BCUT2D eigenvalue weighted by molar-refractivity contribution is -0.195. The zero-order valence-corrected chi connectivity index (χ0v) is 10.2. The number of aliphatic hydroxyl groups is 1. The number of hydrogen-bond acceptors (Lipinski definition) is 4. The molecule has 0 bridgehead atoms. The number of ether oxygens (including phenoxy) is 1. The van der Waals surface area contributed by atoms with E-state index in [2.05, 4.69) is 4.74 Å². The van der Waals surface area contributed by atoms with Gasteiger partial charge in [-0.25, -0.2) is 4.79 Å². The first-order chi connectivity index (χ1) is 8.36. The summed E-state index contributed by atoms with van der Waals surface area (Å²) in [7, 11) is 1.19. The summed E-state index contributed by atoms with van der Waals surface area (Å²) in [6.45, 7) is 0. The van der Waals surface area contributed by atoms with Crippen LogP contribution in [0.15, 0.2) is 29.2 Å². The number of alkyl halides is 3. The van der Waals surface area contributed by atoms with Crippen molar-refractivity contribution in [2.75, 3.05) is 12.9 Å². The van der Waals surface area contributed by atoms with E-state index in [1.165, 1.54) is 19.2 Å². The van der Waals surface area contributed by atoms with Crippen LogP contribution < -0.4 is 0 Å². The molecule has 0 aliphatic carbocycles. The number of aliphatic hydroxyl groups excluding tert-OH is 1. The highest BCUT2D eigenvalue weighted by Gasteiger charge is 2.38. The van der Waals surface area contributed by atoms with Crippen molar-refractivity contribution >= 4 is 17.7 Å². The van der Waals surface area contributed by atoms with Gasteiger partial charge >= 0.3 is 12.1 Å². The number of thioether (sulfide) groups is 1. The Morgan fingerprint density at radius 1 is 1.44 bits per heavy atom. The van der Waals surface area contributed by atoms with Crippen molar-refractivity contribution in [2.45, 2.75) is 17.2 Å². The average Bonchev–Trinajstić information content (AvgIpc) is 2.34. The molecule has 0 amide bonds. The first-order valence-electron chi connectivity index (χ1n) is 4.91. The molecule has 18 heavy (non-hydrogen) atoms. The first-order valence-corrected chi connectivity index (χ1v) is 5.89. The fourth-order valence-electron chi connectivity index (χ4n) is 1.13. The number of rotatable bonds is 4. The van der Waals surface area contributed by atoms with Crippen molar-refractivity contribution in [3.8, 4) is 0 Å². The largest absolute Gasteiger partial charge is 0.465 e. The lowest BCUT2D eigenvalue weighted by atomic mass is 10.2. The van der Waals surface area contributed by atoms with E-state index >= 15 is 0 Å².